The number of aliphatic hydroxyl groups excluding tert-OH is 3. The van der Waals surface area contributed by atoms with Gasteiger partial charge >= 0.3 is 0 Å². The molecule has 2 aromatic heterocycles. The van der Waals surface area contributed by atoms with Crippen LogP contribution in [0.5, 0.6) is 0 Å². The van der Waals surface area contributed by atoms with Gasteiger partial charge in [-0.25, -0.2) is 15.0 Å². The second kappa shape index (κ2) is 5.14. The molecule has 0 amide bonds. The smallest absolute Gasteiger partial charge is 0.183 e. The zero-order valence-electron chi connectivity index (χ0n) is 10.2. The number of imidazole rings is 1. The minimum atomic E-state index is -1.37. The summed E-state index contributed by atoms with van der Waals surface area (Å²) in [4.78, 5) is 15.0. The largest absolute Gasteiger partial charge is 0.387 e. The molecule has 2 aromatic rings. The highest BCUT2D eigenvalue weighted by Gasteiger charge is 2.41. The van der Waals surface area contributed by atoms with Gasteiger partial charge < -0.3 is 30.8 Å². The number of aromatic nitrogens is 4. The molecule has 0 aromatic carbocycles. The summed E-state index contributed by atoms with van der Waals surface area (Å²) in [5.74, 6) is 0.611. The van der Waals surface area contributed by atoms with Gasteiger partial charge in [0.15, 0.2) is 22.9 Å². The molecular weight excluding hydrogens is 286 g/mol. The van der Waals surface area contributed by atoms with Crippen LogP contribution < -0.4 is 5.73 Å². The van der Waals surface area contributed by atoms with Crippen molar-refractivity contribution >= 4 is 28.7 Å². The Morgan fingerprint density at radius 2 is 2.10 bits per heavy atom. The molecule has 1 aliphatic rings. The van der Waals surface area contributed by atoms with E-state index < -0.39 is 24.6 Å². The van der Waals surface area contributed by atoms with Gasteiger partial charge in [-0.2, -0.15) is 0 Å². The van der Waals surface area contributed by atoms with E-state index >= 15 is 0 Å². The lowest BCUT2D eigenvalue weighted by Gasteiger charge is -2.12. The second-order valence-corrected chi connectivity index (χ2v) is 5.37. The van der Waals surface area contributed by atoms with Gasteiger partial charge in [0.25, 0.3) is 0 Å². The molecular formula is C10H13N5O4S. The van der Waals surface area contributed by atoms with E-state index in [1.54, 1.807) is 0 Å². The van der Waals surface area contributed by atoms with Crippen molar-refractivity contribution in [2.24, 2.45) is 0 Å². The first-order chi connectivity index (χ1) is 9.56. The third-order valence-electron chi connectivity index (χ3n) is 3.02. The molecule has 9 nitrogen and oxygen atoms in total. The fourth-order valence-corrected chi connectivity index (χ4v) is 2.84. The van der Waals surface area contributed by atoms with Crippen LogP contribution in [0.3, 0.4) is 0 Å². The van der Waals surface area contributed by atoms with Crippen LogP contribution in [0.25, 0.3) is 11.2 Å². The van der Waals surface area contributed by atoms with Crippen LogP contribution in [0.4, 0.5) is 5.82 Å². The van der Waals surface area contributed by atoms with Gasteiger partial charge in [0.1, 0.15) is 24.1 Å². The Balaban J connectivity index is 1.70. The van der Waals surface area contributed by atoms with Crippen LogP contribution in [-0.2, 0) is 4.74 Å². The molecule has 0 saturated carbocycles. The van der Waals surface area contributed by atoms with Crippen molar-refractivity contribution in [3.05, 3.63) is 6.33 Å². The van der Waals surface area contributed by atoms with Gasteiger partial charge in [-0.1, -0.05) is 11.8 Å². The normalized spacial score (nSPS) is 30.1. The molecule has 0 bridgehead atoms. The average Bonchev–Trinajstić information content (AvgIpc) is 2.95. The molecule has 4 atom stereocenters. The fraction of sp³-hybridized carbons (Fsp3) is 0.500. The SMILES string of the molecule is Nc1ncnc2nc(SC[C@H]3OC(O)[C@H](O)[C@@H]3O)[nH]c12. The van der Waals surface area contributed by atoms with Crippen molar-refractivity contribution in [2.75, 3.05) is 11.5 Å². The number of aliphatic hydroxyl groups is 3. The highest BCUT2D eigenvalue weighted by molar-refractivity contribution is 7.99. The average molecular weight is 299 g/mol. The number of nitrogens with two attached hydrogens (primary N) is 1. The molecule has 1 fully saturated rings. The molecule has 0 aliphatic carbocycles. The van der Waals surface area contributed by atoms with Crippen LogP contribution in [0, 0.1) is 0 Å². The van der Waals surface area contributed by atoms with E-state index in [-0.39, 0.29) is 0 Å². The Bertz CT molecular complexity index is 623. The summed E-state index contributed by atoms with van der Waals surface area (Å²) in [5, 5.41) is 28.9. The zero-order valence-corrected chi connectivity index (χ0v) is 11.0. The molecule has 108 valence electrons. The molecule has 1 saturated heterocycles. The monoisotopic (exact) mass is 299 g/mol. The Labute approximate surface area is 117 Å². The standard InChI is InChI=1S/C10H13N5O4S/c11-7-4-8(13-2-12-7)15-10(14-4)20-1-3-5(16)6(17)9(18)19-3/h2-3,5-6,9,16-18H,1H2,(H3,11,12,13,14,15)/t3-,5-,6-,9?/m1/s1. The maximum absolute atomic E-state index is 9.67. The Morgan fingerprint density at radius 1 is 1.30 bits per heavy atom. The first-order valence-corrected chi connectivity index (χ1v) is 6.83. The summed E-state index contributed by atoms with van der Waals surface area (Å²) < 4.78 is 5.05. The third-order valence-corrected chi connectivity index (χ3v) is 3.98. The number of hydrogen-bond donors (Lipinski definition) is 5. The van der Waals surface area contributed by atoms with E-state index in [1.165, 1.54) is 18.1 Å². The first-order valence-electron chi connectivity index (χ1n) is 5.85. The number of rotatable bonds is 3. The molecule has 3 heterocycles. The molecule has 10 heteroatoms. The van der Waals surface area contributed by atoms with Gasteiger partial charge in [0, 0.05) is 5.75 Å². The fourth-order valence-electron chi connectivity index (χ4n) is 1.92. The molecule has 1 unspecified atom stereocenters. The van der Waals surface area contributed by atoms with Crippen LogP contribution in [0.2, 0.25) is 0 Å². The highest BCUT2D eigenvalue weighted by atomic mass is 32.2. The van der Waals surface area contributed by atoms with Crippen molar-refractivity contribution in [1.82, 2.24) is 19.9 Å². The van der Waals surface area contributed by atoms with E-state index in [4.69, 9.17) is 10.5 Å². The van der Waals surface area contributed by atoms with E-state index in [0.717, 1.165) is 0 Å². The number of nitrogens with zero attached hydrogens (tertiary/aromatic N) is 3. The lowest BCUT2D eigenvalue weighted by Crippen LogP contribution is -2.33. The first kappa shape index (κ1) is 13.5. The number of fused-ring (bicyclic) bond motifs is 1. The number of nitrogens with one attached hydrogen (secondary N) is 1. The third kappa shape index (κ3) is 2.31. The number of hydrogen-bond acceptors (Lipinski definition) is 9. The second-order valence-electron chi connectivity index (χ2n) is 4.36. The Kier molecular flexibility index (Phi) is 3.48. The van der Waals surface area contributed by atoms with Crippen LogP contribution in [0.15, 0.2) is 11.5 Å². The van der Waals surface area contributed by atoms with Crippen molar-refractivity contribution in [2.45, 2.75) is 29.8 Å². The number of thioether (sulfide) groups is 1. The predicted octanol–water partition coefficient (Wildman–Crippen LogP) is -1.53. The van der Waals surface area contributed by atoms with Gasteiger partial charge in [-0.05, 0) is 0 Å². The summed E-state index contributed by atoms with van der Waals surface area (Å²) in [6, 6.07) is 0. The van der Waals surface area contributed by atoms with E-state index in [0.29, 0.717) is 27.9 Å². The van der Waals surface area contributed by atoms with Crippen LogP contribution >= 0.6 is 11.8 Å². The van der Waals surface area contributed by atoms with Crippen molar-refractivity contribution in [3.63, 3.8) is 0 Å². The Morgan fingerprint density at radius 3 is 2.75 bits per heavy atom. The number of ether oxygens (including phenoxy) is 1. The minimum absolute atomic E-state index is 0.303. The van der Waals surface area contributed by atoms with Crippen molar-refractivity contribution in [1.29, 1.82) is 0 Å². The van der Waals surface area contributed by atoms with Gasteiger partial charge in [0.05, 0.1) is 6.10 Å². The summed E-state index contributed by atoms with van der Waals surface area (Å²) in [6.45, 7) is 0. The van der Waals surface area contributed by atoms with E-state index in [1.807, 2.05) is 0 Å². The molecule has 3 rings (SSSR count). The molecule has 20 heavy (non-hydrogen) atoms. The number of anilines is 1. The van der Waals surface area contributed by atoms with E-state index in [9.17, 15) is 15.3 Å². The minimum Gasteiger partial charge on any atom is -0.387 e. The quantitative estimate of drug-likeness (QED) is 0.425. The molecule has 6 N–H and O–H groups in total. The highest BCUT2D eigenvalue weighted by Crippen LogP contribution is 2.26. The molecule has 0 radical (unpaired) electrons. The zero-order chi connectivity index (χ0) is 14.3. The van der Waals surface area contributed by atoms with Crippen LogP contribution in [0.1, 0.15) is 0 Å². The van der Waals surface area contributed by atoms with Crippen LogP contribution in [-0.4, -0.2) is 65.6 Å². The Hall–Kier alpha value is -1.46. The lowest BCUT2D eigenvalue weighted by atomic mass is 10.2. The predicted molar refractivity (Wildman–Crippen MR) is 69.7 cm³/mol. The maximum Gasteiger partial charge on any atom is 0.183 e. The summed E-state index contributed by atoms with van der Waals surface area (Å²) in [7, 11) is 0. The number of aromatic amines is 1. The topological polar surface area (TPSA) is 150 Å². The van der Waals surface area contributed by atoms with Gasteiger partial charge in [0.2, 0.25) is 0 Å². The summed E-state index contributed by atoms with van der Waals surface area (Å²) in [5.41, 5.74) is 6.68. The number of nitrogen functional groups attached to an aromatic ring is 1. The lowest BCUT2D eigenvalue weighted by molar-refractivity contribution is -0.123. The molecule has 1 aliphatic heterocycles. The number of H-pyrrole nitrogens is 1. The summed E-state index contributed by atoms with van der Waals surface area (Å²) >= 11 is 1.26. The van der Waals surface area contributed by atoms with E-state index in [2.05, 4.69) is 19.9 Å². The maximum atomic E-state index is 9.67. The summed E-state index contributed by atoms with van der Waals surface area (Å²) in [6.07, 6.45) is -3.15. The van der Waals surface area contributed by atoms with Crippen molar-refractivity contribution < 1.29 is 20.1 Å². The van der Waals surface area contributed by atoms with Crippen molar-refractivity contribution in [3.8, 4) is 0 Å². The van der Waals surface area contributed by atoms with Gasteiger partial charge in [-0.3, -0.25) is 0 Å². The van der Waals surface area contributed by atoms with Gasteiger partial charge in [-0.15, -0.1) is 0 Å². The molecule has 0 spiro atoms.